The maximum absolute atomic E-state index is 12.2. The minimum Gasteiger partial charge on any atom is -0.492 e. The number of nitrogens with zero attached hydrogens (tertiary/aromatic N) is 1. The summed E-state index contributed by atoms with van der Waals surface area (Å²) in [6, 6.07) is 14.8. The summed E-state index contributed by atoms with van der Waals surface area (Å²) in [5.41, 5.74) is 2.15. The van der Waals surface area contributed by atoms with E-state index >= 15 is 0 Å². The number of sulfonamides is 1. The Balaban J connectivity index is 1.97. The van der Waals surface area contributed by atoms with Gasteiger partial charge in [0, 0.05) is 0 Å². The van der Waals surface area contributed by atoms with Gasteiger partial charge in [0.2, 0.25) is 15.9 Å². The Morgan fingerprint density at radius 1 is 1.04 bits per heavy atom. The molecule has 0 fully saturated rings. The van der Waals surface area contributed by atoms with Gasteiger partial charge < -0.3 is 10.1 Å². The lowest BCUT2D eigenvalue weighted by atomic mass is 10.1. The van der Waals surface area contributed by atoms with Crippen LogP contribution >= 0.6 is 0 Å². The number of carbonyl (C=O) groups excluding carboxylic acids is 1. The van der Waals surface area contributed by atoms with Crippen LogP contribution in [0.1, 0.15) is 11.1 Å². The van der Waals surface area contributed by atoms with Crippen LogP contribution in [0.15, 0.2) is 48.5 Å². The summed E-state index contributed by atoms with van der Waals surface area (Å²) in [5.74, 6) is 0.338. The van der Waals surface area contributed by atoms with E-state index in [1.54, 1.807) is 0 Å². The lowest BCUT2D eigenvalue weighted by Gasteiger charge is -2.25. The summed E-state index contributed by atoms with van der Waals surface area (Å²) in [6.07, 6.45) is 1.10. The van der Waals surface area contributed by atoms with E-state index in [1.165, 1.54) is 0 Å². The molecule has 0 aliphatic rings. The number of para-hydroxylation sites is 2. The van der Waals surface area contributed by atoms with Crippen molar-refractivity contribution in [1.82, 2.24) is 5.32 Å². The quantitative estimate of drug-likeness (QED) is 0.717. The third kappa shape index (κ3) is 5.49. The van der Waals surface area contributed by atoms with E-state index < -0.39 is 10.0 Å². The first kappa shape index (κ1) is 19.8. The number of hydrogen-bond acceptors (Lipinski definition) is 4. The molecule has 0 atom stereocenters. The molecule has 2 aromatic rings. The molecule has 0 radical (unpaired) electrons. The van der Waals surface area contributed by atoms with E-state index in [1.807, 2.05) is 62.4 Å². The summed E-state index contributed by atoms with van der Waals surface area (Å²) in [4.78, 5) is 12.2. The molecule has 7 heteroatoms. The molecule has 2 aromatic carbocycles. The highest BCUT2D eigenvalue weighted by Gasteiger charge is 2.23. The molecule has 0 aliphatic heterocycles. The minimum atomic E-state index is -3.59. The standard InChI is InChI=1S/C19H24N2O4S/c1-15-8-7-9-16(2)19(15)21(26(3,23)24)14-18(22)20-12-13-25-17-10-5-4-6-11-17/h4-11H,12-14H2,1-3H3,(H,20,22). The summed E-state index contributed by atoms with van der Waals surface area (Å²) in [5, 5.41) is 2.69. The van der Waals surface area contributed by atoms with Crippen molar-refractivity contribution in [3.05, 3.63) is 59.7 Å². The van der Waals surface area contributed by atoms with E-state index in [0.717, 1.165) is 27.4 Å². The fourth-order valence-corrected chi connectivity index (χ4v) is 3.59. The van der Waals surface area contributed by atoms with Crippen LogP contribution in [0.25, 0.3) is 0 Å². The summed E-state index contributed by atoms with van der Waals surface area (Å²) in [7, 11) is -3.59. The minimum absolute atomic E-state index is 0.268. The van der Waals surface area contributed by atoms with Crippen molar-refractivity contribution in [2.75, 3.05) is 30.3 Å². The molecule has 0 aliphatic carbocycles. The van der Waals surface area contributed by atoms with Crippen molar-refractivity contribution in [2.24, 2.45) is 0 Å². The number of hydrogen-bond donors (Lipinski definition) is 1. The summed E-state index contributed by atoms with van der Waals surface area (Å²) >= 11 is 0. The summed E-state index contributed by atoms with van der Waals surface area (Å²) < 4.78 is 31.1. The number of aryl methyl sites for hydroxylation is 2. The molecule has 0 spiro atoms. The zero-order chi connectivity index (χ0) is 19.2. The predicted molar refractivity (Wildman–Crippen MR) is 103 cm³/mol. The Labute approximate surface area is 154 Å². The van der Waals surface area contributed by atoms with Gasteiger partial charge in [0.1, 0.15) is 18.9 Å². The number of rotatable bonds is 8. The lowest BCUT2D eigenvalue weighted by Crippen LogP contribution is -2.42. The first-order chi connectivity index (χ1) is 12.3. The molecule has 0 saturated carbocycles. The van der Waals surface area contributed by atoms with E-state index in [-0.39, 0.29) is 19.0 Å². The van der Waals surface area contributed by atoms with Crippen LogP contribution in [-0.2, 0) is 14.8 Å². The van der Waals surface area contributed by atoms with E-state index in [2.05, 4.69) is 5.32 Å². The number of nitrogens with one attached hydrogen (secondary N) is 1. The topological polar surface area (TPSA) is 75.7 Å². The molecular weight excluding hydrogens is 352 g/mol. The lowest BCUT2D eigenvalue weighted by molar-refractivity contribution is -0.119. The van der Waals surface area contributed by atoms with E-state index in [4.69, 9.17) is 4.74 Å². The van der Waals surface area contributed by atoms with Gasteiger partial charge in [0.25, 0.3) is 0 Å². The number of amides is 1. The first-order valence-electron chi connectivity index (χ1n) is 8.27. The van der Waals surface area contributed by atoms with Gasteiger partial charge in [-0.1, -0.05) is 36.4 Å². The van der Waals surface area contributed by atoms with Gasteiger partial charge in [-0.2, -0.15) is 0 Å². The number of ether oxygens (including phenoxy) is 1. The fourth-order valence-electron chi connectivity index (χ4n) is 2.62. The highest BCUT2D eigenvalue weighted by Crippen LogP contribution is 2.26. The zero-order valence-corrected chi connectivity index (χ0v) is 16.0. The van der Waals surface area contributed by atoms with Crippen molar-refractivity contribution in [1.29, 1.82) is 0 Å². The van der Waals surface area contributed by atoms with Crippen LogP contribution < -0.4 is 14.4 Å². The first-order valence-corrected chi connectivity index (χ1v) is 10.1. The molecule has 1 N–H and O–H groups in total. The molecule has 0 aromatic heterocycles. The van der Waals surface area contributed by atoms with Crippen LogP contribution in [0.5, 0.6) is 5.75 Å². The molecule has 0 heterocycles. The van der Waals surface area contributed by atoms with E-state index in [9.17, 15) is 13.2 Å². The molecule has 0 unspecified atom stereocenters. The van der Waals surface area contributed by atoms with Crippen LogP contribution in [0.4, 0.5) is 5.69 Å². The Morgan fingerprint density at radius 3 is 2.23 bits per heavy atom. The van der Waals surface area contributed by atoms with E-state index in [0.29, 0.717) is 12.3 Å². The SMILES string of the molecule is Cc1cccc(C)c1N(CC(=O)NCCOc1ccccc1)S(C)(=O)=O. The second kappa shape index (κ2) is 8.71. The second-order valence-electron chi connectivity index (χ2n) is 6.02. The van der Waals surface area contributed by atoms with Crippen molar-refractivity contribution >= 4 is 21.6 Å². The van der Waals surface area contributed by atoms with Crippen molar-refractivity contribution in [3.63, 3.8) is 0 Å². The van der Waals surface area contributed by atoms with Crippen LogP contribution in [0.2, 0.25) is 0 Å². The molecule has 1 amide bonds. The predicted octanol–water partition coefficient (Wildman–Crippen LogP) is 2.26. The van der Waals surface area contributed by atoms with Crippen LogP contribution in [0.3, 0.4) is 0 Å². The Hall–Kier alpha value is -2.54. The molecule has 0 bridgehead atoms. The monoisotopic (exact) mass is 376 g/mol. The van der Waals surface area contributed by atoms with Gasteiger partial charge in [0.05, 0.1) is 18.5 Å². The number of benzene rings is 2. The number of anilines is 1. The Kier molecular flexibility index (Phi) is 6.63. The smallest absolute Gasteiger partial charge is 0.240 e. The van der Waals surface area contributed by atoms with Gasteiger partial charge in [-0.15, -0.1) is 0 Å². The molecule has 0 saturated heterocycles. The van der Waals surface area contributed by atoms with Gasteiger partial charge in [0.15, 0.2) is 0 Å². The molecule has 140 valence electrons. The van der Waals surface area contributed by atoms with Crippen LogP contribution in [0, 0.1) is 13.8 Å². The van der Waals surface area contributed by atoms with Crippen molar-refractivity contribution < 1.29 is 17.9 Å². The maximum atomic E-state index is 12.2. The number of carbonyl (C=O) groups is 1. The molecule has 6 nitrogen and oxygen atoms in total. The van der Waals surface area contributed by atoms with Gasteiger partial charge in [-0.05, 0) is 37.1 Å². The maximum Gasteiger partial charge on any atom is 0.240 e. The van der Waals surface area contributed by atoms with Gasteiger partial charge in [-0.25, -0.2) is 8.42 Å². The Morgan fingerprint density at radius 2 is 1.65 bits per heavy atom. The third-order valence-corrected chi connectivity index (χ3v) is 4.92. The highest BCUT2D eigenvalue weighted by atomic mass is 32.2. The average molecular weight is 376 g/mol. The van der Waals surface area contributed by atoms with Crippen LogP contribution in [-0.4, -0.2) is 40.3 Å². The largest absolute Gasteiger partial charge is 0.492 e. The normalized spacial score (nSPS) is 11.0. The fraction of sp³-hybridized carbons (Fsp3) is 0.316. The molecular formula is C19H24N2O4S. The second-order valence-corrected chi connectivity index (χ2v) is 7.93. The average Bonchev–Trinajstić information content (AvgIpc) is 2.58. The zero-order valence-electron chi connectivity index (χ0n) is 15.2. The van der Waals surface area contributed by atoms with Gasteiger partial charge in [-0.3, -0.25) is 9.10 Å². The molecule has 2 rings (SSSR count). The third-order valence-electron chi connectivity index (χ3n) is 3.81. The van der Waals surface area contributed by atoms with Gasteiger partial charge >= 0.3 is 0 Å². The molecule has 26 heavy (non-hydrogen) atoms. The van der Waals surface area contributed by atoms with Crippen molar-refractivity contribution in [2.45, 2.75) is 13.8 Å². The Bertz CT molecular complexity index is 831. The summed E-state index contributed by atoms with van der Waals surface area (Å²) in [6.45, 7) is 3.98. The highest BCUT2D eigenvalue weighted by molar-refractivity contribution is 7.92. The van der Waals surface area contributed by atoms with Crippen molar-refractivity contribution in [3.8, 4) is 5.75 Å².